The predicted octanol–water partition coefficient (Wildman–Crippen LogP) is 3.02. The van der Waals surface area contributed by atoms with Gasteiger partial charge in [-0.25, -0.2) is 14.0 Å². The van der Waals surface area contributed by atoms with Crippen molar-refractivity contribution in [1.29, 1.82) is 0 Å². The molecule has 9 nitrogen and oxygen atoms in total. The lowest BCUT2D eigenvalue weighted by atomic mass is 9.91. The van der Waals surface area contributed by atoms with Gasteiger partial charge in [-0.05, 0) is 78.8 Å². The van der Waals surface area contributed by atoms with Gasteiger partial charge in [-0.3, -0.25) is 14.5 Å². The number of anilines is 1. The number of nitrogens with one attached hydrogen (secondary N) is 3. The van der Waals surface area contributed by atoms with Crippen LogP contribution in [0.15, 0.2) is 36.4 Å². The van der Waals surface area contributed by atoms with Gasteiger partial charge in [0.15, 0.2) is 0 Å². The molecule has 0 aromatic heterocycles. The van der Waals surface area contributed by atoms with Crippen LogP contribution in [0.3, 0.4) is 0 Å². The zero-order valence-corrected chi connectivity index (χ0v) is 21.2. The first kappa shape index (κ1) is 24.4. The van der Waals surface area contributed by atoms with E-state index in [-0.39, 0.29) is 30.6 Å². The molecule has 2 aromatic carbocycles. The van der Waals surface area contributed by atoms with Crippen molar-refractivity contribution in [3.05, 3.63) is 64.5 Å². The maximum Gasteiger partial charge on any atom is 0.325 e. The number of nitrogens with zero attached hydrogens (tertiary/aromatic N) is 2. The van der Waals surface area contributed by atoms with E-state index < -0.39 is 29.3 Å². The Kier molecular flexibility index (Phi) is 5.85. The lowest BCUT2D eigenvalue weighted by Crippen LogP contribution is -2.48. The van der Waals surface area contributed by atoms with Crippen molar-refractivity contribution in [2.24, 2.45) is 5.92 Å². The van der Waals surface area contributed by atoms with Gasteiger partial charge in [0.05, 0.1) is 5.69 Å². The average molecular weight is 520 g/mol. The highest BCUT2D eigenvalue weighted by Crippen LogP contribution is 2.44. The van der Waals surface area contributed by atoms with Crippen LogP contribution >= 0.6 is 0 Å². The summed E-state index contributed by atoms with van der Waals surface area (Å²) in [6.07, 6.45) is 4.58. The number of carbonyl (C=O) groups excluding carboxylic acids is 4. The first-order valence-corrected chi connectivity index (χ1v) is 13.1. The van der Waals surface area contributed by atoms with E-state index in [1.807, 2.05) is 23.1 Å². The molecule has 2 atom stereocenters. The maximum absolute atomic E-state index is 14.9. The summed E-state index contributed by atoms with van der Waals surface area (Å²) in [7, 11) is 1.43. The predicted molar refractivity (Wildman–Crippen MR) is 137 cm³/mol. The van der Waals surface area contributed by atoms with E-state index in [4.69, 9.17) is 0 Å². The third-order valence-electron chi connectivity index (χ3n) is 8.42. The number of benzene rings is 2. The molecular weight excluding hydrogens is 489 g/mol. The number of hydrogen-bond donors (Lipinski definition) is 3. The third-order valence-corrected chi connectivity index (χ3v) is 8.42. The smallest absolute Gasteiger partial charge is 0.325 e. The fraction of sp³-hybridized carbons (Fsp3) is 0.429. The van der Waals surface area contributed by atoms with E-state index >= 15 is 0 Å². The van der Waals surface area contributed by atoms with Gasteiger partial charge in [-0.1, -0.05) is 24.3 Å². The lowest BCUT2D eigenvalue weighted by Gasteiger charge is -2.31. The number of hydrogen-bond acceptors (Lipinski definition) is 4. The minimum absolute atomic E-state index is 0.00322. The number of imide groups is 1. The first-order chi connectivity index (χ1) is 18.3. The Morgan fingerprint density at radius 3 is 2.58 bits per heavy atom. The SMILES string of the molecule is CNC(=O)Nc1cc2c(cc1F)C1(CC2)NC(=O)N(CC(=O)N2Cc3ccccc3CCC2C2CC2)C1=O. The molecule has 0 radical (unpaired) electrons. The summed E-state index contributed by atoms with van der Waals surface area (Å²) in [5.74, 6) is -1.06. The highest BCUT2D eigenvalue weighted by Gasteiger charge is 2.56. The molecule has 38 heavy (non-hydrogen) atoms. The van der Waals surface area contributed by atoms with Crippen LogP contribution in [0.4, 0.5) is 19.7 Å². The van der Waals surface area contributed by atoms with Gasteiger partial charge in [-0.15, -0.1) is 0 Å². The molecule has 1 saturated carbocycles. The van der Waals surface area contributed by atoms with Crippen LogP contribution in [0, 0.1) is 11.7 Å². The van der Waals surface area contributed by atoms with E-state index in [1.165, 1.54) is 24.7 Å². The van der Waals surface area contributed by atoms with Gasteiger partial charge >= 0.3 is 12.1 Å². The van der Waals surface area contributed by atoms with Crippen LogP contribution in [-0.4, -0.2) is 53.3 Å². The molecule has 10 heteroatoms. The molecule has 1 spiro atoms. The lowest BCUT2D eigenvalue weighted by molar-refractivity contribution is -0.141. The molecule has 2 aromatic rings. The zero-order valence-electron chi connectivity index (χ0n) is 21.2. The summed E-state index contributed by atoms with van der Waals surface area (Å²) in [5.41, 5.74) is 1.94. The Morgan fingerprint density at radius 1 is 1.08 bits per heavy atom. The van der Waals surface area contributed by atoms with E-state index in [2.05, 4.69) is 22.0 Å². The summed E-state index contributed by atoms with van der Waals surface area (Å²) in [5, 5.41) is 7.57. The van der Waals surface area contributed by atoms with Crippen LogP contribution < -0.4 is 16.0 Å². The maximum atomic E-state index is 14.9. The number of carbonyl (C=O) groups is 4. The summed E-state index contributed by atoms with van der Waals surface area (Å²) >= 11 is 0. The molecule has 1 saturated heterocycles. The van der Waals surface area contributed by atoms with Crippen LogP contribution in [-0.2, 0) is 34.5 Å². The van der Waals surface area contributed by atoms with Crippen molar-refractivity contribution in [3.63, 3.8) is 0 Å². The van der Waals surface area contributed by atoms with Crippen LogP contribution in [0.1, 0.15) is 47.9 Å². The van der Waals surface area contributed by atoms with Crippen molar-refractivity contribution < 1.29 is 23.6 Å². The topological polar surface area (TPSA) is 111 Å². The van der Waals surface area contributed by atoms with Gasteiger partial charge in [-0.2, -0.15) is 0 Å². The van der Waals surface area contributed by atoms with Gasteiger partial charge in [0.25, 0.3) is 5.91 Å². The fourth-order valence-corrected chi connectivity index (χ4v) is 6.27. The third kappa shape index (κ3) is 3.99. The van der Waals surface area contributed by atoms with Gasteiger partial charge in [0.2, 0.25) is 5.91 Å². The molecule has 3 N–H and O–H groups in total. The summed E-state index contributed by atoms with van der Waals surface area (Å²) in [6.45, 7) is 0.103. The molecule has 2 heterocycles. The Hall–Kier alpha value is -3.95. The van der Waals surface area contributed by atoms with E-state index in [0.29, 0.717) is 30.0 Å². The first-order valence-electron chi connectivity index (χ1n) is 13.1. The molecule has 6 amide bonds. The van der Waals surface area contributed by atoms with Gasteiger partial charge in [0.1, 0.15) is 17.9 Å². The Morgan fingerprint density at radius 2 is 1.84 bits per heavy atom. The number of halogens is 1. The minimum atomic E-state index is -1.42. The molecule has 2 aliphatic carbocycles. The van der Waals surface area contributed by atoms with E-state index in [9.17, 15) is 23.6 Å². The molecule has 0 bridgehead atoms. The summed E-state index contributed by atoms with van der Waals surface area (Å²) < 4.78 is 14.9. The Bertz CT molecular complexity index is 1360. The second kappa shape index (κ2) is 9.11. The van der Waals surface area contributed by atoms with Gasteiger partial charge < -0.3 is 20.9 Å². The van der Waals surface area contributed by atoms with Gasteiger partial charge in [0, 0.05) is 19.6 Å². The molecule has 4 aliphatic rings. The van der Waals surface area contributed by atoms with E-state index in [0.717, 1.165) is 36.1 Å². The molecule has 2 unspecified atom stereocenters. The molecule has 2 aliphatic heterocycles. The highest BCUT2D eigenvalue weighted by atomic mass is 19.1. The summed E-state index contributed by atoms with van der Waals surface area (Å²) in [4.78, 5) is 55.0. The number of fused-ring (bicyclic) bond motifs is 3. The Labute approximate surface area is 219 Å². The second-order valence-electron chi connectivity index (χ2n) is 10.7. The number of amides is 6. The van der Waals surface area contributed by atoms with E-state index in [1.54, 1.807) is 0 Å². The normalized spacial score (nSPS) is 24.1. The van der Waals surface area contributed by atoms with Crippen molar-refractivity contribution in [2.75, 3.05) is 18.9 Å². The molecule has 2 fully saturated rings. The fourth-order valence-electron chi connectivity index (χ4n) is 6.27. The average Bonchev–Trinajstić information content (AvgIpc) is 3.68. The van der Waals surface area contributed by atoms with Crippen molar-refractivity contribution in [1.82, 2.24) is 20.4 Å². The van der Waals surface area contributed by atoms with Crippen molar-refractivity contribution in [2.45, 2.75) is 56.7 Å². The minimum Gasteiger partial charge on any atom is -0.341 e. The number of urea groups is 2. The monoisotopic (exact) mass is 519 g/mol. The zero-order chi connectivity index (χ0) is 26.6. The highest BCUT2D eigenvalue weighted by molar-refractivity contribution is 6.10. The summed E-state index contributed by atoms with van der Waals surface area (Å²) in [6, 6.07) is 9.67. The van der Waals surface area contributed by atoms with Crippen molar-refractivity contribution >= 4 is 29.6 Å². The molecular formula is C28H30FN5O4. The quantitative estimate of drug-likeness (QED) is 0.540. The van der Waals surface area contributed by atoms with Crippen LogP contribution in [0.2, 0.25) is 0 Å². The van der Waals surface area contributed by atoms with Crippen LogP contribution in [0.25, 0.3) is 0 Å². The van der Waals surface area contributed by atoms with Crippen molar-refractivity contribution in [3.8, 4) is 0 Å². The number of rotatable bonds is 4. The standard InChI is InChI=1S/C28H30FN5O4/c1-30-26(37)31-22-12-18-10-11-28(20(18)13-21(22)29)25(36)34(27(38)32-28)15-24(35)33-14-19-5-3-2-4-16(19)8-9-23(33)17-6-7-17/h2-5,12-13,17,23H,6-11,14-15H2,1H3,(H,32,38)(H2,30,31,37). The molecule has 6 rings (SSSR count). The molecule has 198 valence electrons. The number of aryl methyl sites for hydroxylation is 2. The largest absolute Gasteiger partial charge is 0.341 e. The Balaban J connectivity index is 1.25. The van der Waals surface area contributed by atoms with Crippen LogP contribution in [0.5, 0.6) is 0 Å². The second-order valence-corrected chi connectivity index (χ2v) is 10.7.